The number of fused-ring (bicyclic) bond motifs is 1. The molecule has 1 fully saturated rings. The van der Waals surface area contributed by atoms with E-state index in [9.17, 15) is 9.59 Å². The minimum Gasteiger partial charge on any atom is -0.315 e. The third-order valence-electron chi connectivity index (χ3n) is 3.98. The predicted octanol–water partition coefficient (Wildman–Crippen LogP) is 0.691. The first-order valence-electron chi connectivity index (χ1n) is 7.29. The summed E-state index contributed by atoms with van der Waals surface area (Å²) in [5.74, 6) is 0.822. The third kappa shape index (κ3) is 2.42. The summed E-state index contributed by atoms with van der Waals surface area (Å²) in [5, 5.41) is 10.1. The van der Waals surface area contributed by atoms with Crippen LogP contribution in [0.4, 0.5) is 5.95 Å². The number of aromatic nitrogens is 4. The number of piperidine rings is 1. The fourth-order valence-corrected chi connectivity index (χ4v) is 2.71. The second-order valence-electron chi connectivity index (χ2n) is 5.81. The Balaban J connectivity index is 1.96. The van der Waals surface area contributed by atoms with Crippen LogP contribution >= 0.6 is 0 Å². The number of aryl methyl sites for hydroxylation is 1. The molecule has 2 aromatic heterocycles. The van der Waals surface area contributed by atoms with Gasteiger partial charge in [0.15, 0.2) is 11.2 Å². The summed E-state index contributed by atoms with van der Waals surface area (Å²) < 4.78 is 2.35. The molecule has 0 saturated carbocycles. The number of nitrogens with zero attached hydrogens (tertiary/aromatic N) is 6. The lowest BCUT2D eigenvalue weighted by Crippen LogP contribution is -2.36. The Kier molecular flexibility index (Phi) is 3.55. The quantitative estimate of drug-likeness (QED) is 0.825. The molecule has 2 aromatic rings. The van der Waals surface area contributed by atoms with E-state index in [1.165, 1.54) is 18.0 Å². The summed E-state index contributed by atoms with van der Waals surface area (Å²) >= 11 is 0. The van der Waals surface area contributed by atoms with Crippen molar-refractivity contribution < 1.29 is 0 Å². The first-order valence-corrected chi connectivity index (χ1v) is 7.29. The van der Waals surface area contributed by atoms with Gasteiger partial charge in [-0.1, -0.05) is 17.3 Å². The number of hydrogen-bond acceptors (Lipinski definition) is 5. The molecule has 0 bridgehead atoms. The number of aromatic amines is 1. The molecule has 1 N–H and O–H groups in total. The molecule has 0 aromatic carbocycles. The highest BCUT2D eigenvalue weighted by Crippen LogP contribution is 2.17. The van der Waals surface area contributed by atoms with Crippen LogP contribution in [-0.4, -0.2) is 37.2 Å². The first-order chi connectivity index (χ1) is 10.5. The number of nitrogens with one attached hydrogen (secondary N) is 1. The molecule has 0 spiro atoms. The molecule has 9 nitrogen and oxygen atoms in total. The molecule has 1 aliphatic rings. The zero-order valence-electron chi connectivity index (χ0n) is 12.9. The normalized spacial score (nSPS) is 19.4. The monoisotopic (exact) mass is 305 g/mol. The SMILES string of the molecule is CC1CCCN(/N=N/c2nc3c([nH]2)c(=O)n(C)c(=O)n3C)C1. The largest absolute Gasteiger partial charge is 0.332 e. The van der Waals surface area contributed by atoms with Gasteiger partial charge in [-0.05, 0) is 18.8 Å². The van der Waals surface area contributed by atoms with E-state index >= 15 is 0 Å². The van der Waals surface area contributed by atoms with E-state index in [-0.39, 0.29) is 17.1 Å². The second-order valence-corrected chi connectivity index (χ2v) is 5.81. The van der Waals surface area contributed by atoms with Crippen LogP contribution in [0.1, 0.15) is 19.8 Å². The standard InChI is InChI=1S/C13H19N7O2/c1-8-5-4-6-20(7-8)17-16-12-14-9-10(15-12)18(2)13(22)19(3)11(9)21/h8H,4-7H2,1-3H3,(H,14,15)/b17-16+. The number of imidazole rings is 1. The third-order valence-corrected chi connectivity index (χ3v) is 3.98. The van der Waals surface area contributed by atoms with E-state index in [1.807, 2.05) is 5.01 Å². The van der Waals surface area contributed by atoms with Gasteiger partial charge in [0.2, 0.25) is 0 Å². The summed E-state index contributed by atoms with van der Waals surface area (Å²) in [5.41, 5.74) is -0.296. The van der Waals surface area contributed by atoms with Gasteiger partial charge in [-0.2, -0.15) is 4.98 Å². The van der Waals surface area contributed by atoms with E-state index < -0.39 is 11.2 Å². The van der Waals surface area contributed by atoms with E-state index in [0.717, 1.165) is 24.1 Å². The van der Waals surface area contributed by atoms with Crippen LogP contribution in [0.25, 0.3) is 11.2 Å². The fourth-order valence-electron chi connectivity index (χ4n) is 2.71. The zero-order chi connectivity index (χ0) is 15.9. The topological polar surface area (TPSA) is 101 Å². The average Bonchev–Trinajstić information content (AvgIpc) is 2.93. The Bertz CT molecular complexity index is 844. The van der Waals surface area contributed by atoms with Crippen molar-refractivity contribution in [3.8, 4) is 0 Å². The van der Waals surface area contributed by atoms with E-state index in [1.54, 1.807) is 7.05 Å². The van der Waals surface area contributed by atoms with Gasteiger partial charge in [0.25, 0.3) is 11.5 Å². The van der Waals surface area contributed by atoms with Crippen LogP contribution in [0.5, 0.6) is 0 Å². The number of rotatable bonds is 2. The summed E-state index contributed by atoms with van der Waals surface area (Å²) in [4.78, 5) is 30.9. The lowest BCUT2D eigenvalue weighted by atomic mass is 10.0. The molecule has 22 heavy (non-hydrogen) atoms. The smallest absolute Gasteiger partial charge is 0.315 e. The van der Waals surface area contributed by atoms with Crippen LogP contribution in [0, 0.1) is 5.92 Å². The van der Waals surface area contributed by atoms with Gasteiger partial charge < -0.3 is 4.98 Å². The Morgan fingerprint density at radius 3 is 2.77 bits per heavy atom. The lowest BCUT2D eigenvalue weighted by molar-refractivity contribution is 0.179. The molecule has 1 aliphatic heterocycles. The highest BCUT2D eigenvalue weighted by atomic mass is 16.2. The molecule has 118 valence electrons. The van der Waals surface area contributed by atoms with E-state index in [4.69, 9.17) is 0 Å². The summed E-state index contributed by atoms with van der Waals surface area (Å²) in [6.07, 6.45) is 2.30. The molecule has 1 saturated heterocycles. The molecule has 0 amide bonds. The maximum absolute atomic E-state index is 12.1. The van der Waals surface area contributed by atoms with Crippen molar-refractivity contribution in [2.75, 3.05) is 13.1 Å². The summed E-state index contributed by atoms with van der Waals surface area (Å²) in [6.45, 7) is 3.92. The van der Waals surface area contributed by atoms with Gasteiger partial charge in [-0.3, -0.25) is 18.9 Å². The van der Waals surface area contributed by atoms with Crippen LogP contribution in [0.2, 0.25) is 0 Å². The van der Waals surface area contributed by atoms with E-state index in [0.29, 0.717) is 5.92 Å². The Morgan fingerprint density at radius 1 is 1.27 bits per heavy atom. The zero-order valence-corrected chi connectivity index (χ0v) is 12.9. The highest BCUT2D eigenvalue weighted by molar-refractivity contribution is 5.71. The molecule has 3 rings (SSSR count). The van der Waals surface area contributed by atoms with Crippen molar-refractivity contribution in [1.82, 2.24) is 24.1 Å². The van der Waals surface area contributed by atoms with Gasteiger partial charge in [0.05, 0.1) is 0 Å². The van der Waals surface area contributed by atoms with Crippen LogP contribution in [-0.2, 0) is 14.1 Å². The van der Waals surface area contributed by atoms with Gasteiger partial charge in [-0.25, -0.2) is 4.79 Å². The Hall–Kier alpha value is -2.45. The van der Waals surface area contributed by atoms with Crippen molar-refractivity contribution in [2.45, 2.75) is 19.8 Å². The second kappa shape index (κ2) is 5.39. The fraction of sp³-hybridized carbons (Fsp3) is 0.615. The molecule has 1 unspecified atom stereocenters. The van der Waals surface area contributed by atoms with Crippen molar-refractivity contribution in [1.29, 1.82) is 0 Å². The summed E-state index contributed by atoms with van der Waals surface area (Å²) in [7, 11) is 3.00. The van der Waals surface area contributed by atoms with Crippen LogP contribution in [0.3, 0.4) is 0 Å². The van der Waals surface area contributed by atoms with Gasteiger partial charge >= 0.3 is 5.69 Å². The number of hydrogen-bond donors (Lipinski definition) is 1. The molecule has 9 heteroatoms. The summed E-state index contributed by atoms with van der Waals surface area (Å²) in [6, 6.07) is 0. The maximum atomic E-state index is 12.1. The van der Waals surface area contributed by atoms with Gasteiger partial charge in [0.1, 0.15) is 0 Å². The molecule has 0 radical (unpaired) electrons. The highest BCUT2D eigenvalue weighted by Gasteiger charge is 2.16. The van der Waals surface area contributed by atoms with Gasteiger partial charge in [-0.15, -0.1) is 0 Å². The van der Waals surface area contributed by atoms with Crippen molar-refractivity contribution in [3.05, 3.63) is 20.8 Å². The minimum absolute atomic E-state index is 0.228. The van der Waals surface area contributed by atoms with Crippen molar-refractivity contribution in [3.63, 3.8) is 0 Å². The lowest BCUT2D eigenvalue weighted by Gasteiger charge is -2.26. The predicted molar refractivity (Wildman–Crippen MR) is 81.1 cm³/mol. The molecular weight excluding hydrogens is 286 g/mol. The Morgan fingerprint density at radius 2 is 2.05 bits per heavy atom. The Labute approximate surface area is 126 Å². The van der Waals surface area contributed by atoms with Gasteiger partial charge in [0, 0.05) is 27.2 Å². The molecule has 0 aliphatic carbocycles. The number of H-pyrrole nitrogens is 1. The van der Waals surface area contributed by atoms with Crippen LogP contribution < -0.4 is 11.2 Å². The van der Waals surface area contributed by atoms with E-state index in [2.05, 4.69) is 27.2 Å². The van der Waals surface area contributed by atoms with Crippen molar-refractivity contribution >= 4 is 17.1 Å². The minimum atomic E-state index is -0.419. The molecular formula is C13H19N7O2. The van der Waals surface area contributed by atoms with Crippen LogP contribution in [0.15, 0.2) is 19.9 Å². The van der Waals surface area contributed by atoms with Crippen molar-refractivity contribution in [2.24, 2.45) is 30.4 Å². The average molecular weight is 305 g/mol. The maximum Gasteiger partial charge on any atom is 0.332 e. The first kappa shape index (κ1) is 14.5. The molecule has 3 heterocycles. The molecule has 1 atom stereocenters.